The zero-order chi connectivity index (χ0) is 11.7. The summed E-state index contributed by atoms with van der Waals surface area (Å²) in [6, 6.07) is 0. The number of thiazole rings is 1. The minimum absolute atomic E-state index is 0.0813. The van der Waals surface area contributed by atoms with Crippen LogP contribution in [0.3, 0.4) is 0 Å². The molecule has 0 amide bonds. The lowest BCUT2D eigenvalue weighted by atomic mass is 10.2. The molecule has 2 aromatic rings. The Morgan fingerprint density at radius 1 is 1.56 bits per heavy atom. The molecular formula is C9H8ClF2N3S. The van der Waals surface area contributed by atoms with E-state index in [4.69, 9.17) is 11.6 Å². The van der Waals surface area contributed by atoms with E-state index in [2.05, 4.69) is 10.1 Å². The fraction of sp³-hybridized carbons (Fsp3) is 0.333. The Hall–Kier alpha value is -1.01. The molecule has 7 heteroatoms. The van der Waals surface area contributed by atoms with Crippen molar-refractivity contribution < 1.29 is 8.78 Å². The van der Waals surface area contributed by atoms with Crippen molar-refractivity contribution in [2.45, 2.75) is 19.9 Å². The van der Waals surface area contributed by atoms with Crippen molar-refractivity contribution in [3.63, 3.8) is 0 Å². The van der Waals surface area contributed by atoms with Gasteiger partial charge >= 0.3 is 0 Å². The number of rotatable bonds is 3. The van der Waals surface area contributed by atoms with Gasteiger partial charge < -0.3 is 0 Å². The minimum atomic E-state index is -2.55. The van der Waals surface area contributed by atoms with Crippen LogP contribution in [0.4, 0.5) is 8.78 Å². The van der Waals surface area contributed by atoms with Gasteiger partial charge in [0.15, 0.2) is 4.47 Å². The van der Waals surface area contributed by atoms with Crippen LogP contribution in [0.1, 0.15) is 18.9 Å². The van der Waals surface area contributed by atoms with Crippen LogP contribution >= 0.6 is 22.9 Å². The topological polar surface area (TPSA) is 30.7 Å². The SMILES string of the molecule is CCn1cc(C(F)F)c(-c2cnc(Cl)s2)n1. The van der Waals surface area contributed by atoms with E-state index in [-0.39, 0.29) is 11.3 Å². The Balaban J connectivity index is 2.50. The highest BCUT2D eigenvalue weighted by Crippen LogP contribution is 2.34. The second kappa shape index (κ2) is 4.47. The molecule has 0 bridgehead atoms. The van der Waals surface area contributed by atoms with Crippen molar-refractivity contribution in [1.82, 2.24) is 14.8 Å². The minimum Gasteiger partial charge on any atom is -0.272 e. The van der Waals surface area contributed by atoms with Crippen LogP contribution in [-0.2, 0) is 6.54 Å². The lowest BCUT2D eigenvalue weighted by Crippen LogP contribution is -1.93. The third-order valence-corrected chi connectivity index (χ3v) is 3.18. The summed E-state index contributed by atoms with van der Waals surface area (Å²) in [5.41, 5.74) is 0.184. The highest BCUT2D eigenvalue weighted by Gasteiger charge is 2.20. The monoisotopic (exact) mass is 263 g/mol. The highest BCUT2D eigenvalue weighted by molar-refractivity contribution is 7.18. The number of nitrogens with zero attached hydrogens (tertiary/aromatic N) is 3. The van der Waals surface area contributed by atoms with E-state index in [1.54, 1.807) is 0 Å². The van der Waals surface area contributed by atoms with E-state index in [0.29, 0.717) is 15.9 Å². The maximum absolute atomic E-state index is 12.8. The van der Waals surface area contributed by atoms with Crippen molar-refractivity contribution in [2.75, 3.05) is 0 Å². The summed E-state index contributed by atoms with van der Waals surface area (Å²) in [4.78, 5) is 4.38. The molecule has 0 aromatic carbocycles. The first-order valence-electron chi connectivity index (χ1n) is 4.59. The Bertz CT molecular complexity index is 495. The van der Waals surface area contributed by atoms with E-state index >= 15 is 0 Å². The summed E-state index contributed by atoms with van der Waals surface area (Å²) in [5, 5.41) is 4.08. The molecule has 2 rings (SSSR count). The maximum Gasteiger partial charge on any atom is 0.267 e. The quantitative estimate of drug-likeness (QED) is 0.847. The van der Waals surface area contributed by atoms with Crippen LogP contribution in [0.2, 0.25) is 4.47 Å². The second-order valence-electron chi connectivity index (χ2n) is 3.07. The number of aromatic nitrogens is 3. The lowest BCUT2D eigenvalue weighted by Gasteiger charge is -1.95. The number of halogens is 3. The number of aryl methyl sites for hydroxylation is 1. The fourth-order valence-electron chi connectivity index (χ4n) is 1.31. The van der Waals surface area contributed by atoms with E-state index in [9.17, 15) is 8.78 Å². The molecule has 0 aliphatic heterocycles. The average Bonchev–Trinajstić information content (AvgIpc) is 2.82. The van der Waals surface area contributed by atoms with Crippen LogP contribution in [0, 0.1) is 0 Å². The van der Waals surface area contributed by atoms with Crippen LogP contribution in [0.25, 0.3) is 10.6 Å². The van der Waals surface area contributed by atoms with Gasteiger partial charge in [-0.1, -0.05) is 11.6 Å². The van der Waals surface area contributed by atoms with Gasteiger partial charge in [-0.05, 0) is 6.92 Å². The van der Waals surface area contributed by atoms with Crippen LogP contribution in [0.15, 0.2) is 12.4 Å². The molecule has 0 N–H and O–H groups in total. The molecule has 2 aromatic heterocycles. The Morgan fingerprint density at radius 3 is 2.81 bits per heavy atom. The fourth-order valence-corrected chi connectivity index (χ4v) is 2.26. The molecule has 0 radical (unpaired) electrons. The molecule has 0 spiro atoms. The van der Waals surface area contributed by atoms with E-state index in [1.807, 2.05) is 6.92 Å². The summed E-state index contributed by atoms with van der Waals surface area (Å²) in [6.45, 7) is 2.39. The second-order valence-corrected chi connectivity index (χ2v) is 4.68. The molecule has 86 valence electrons. The molecule has 0 unspecified atom stereocenters. The summed E-state index contributed by atoms with van der Waals surface area (Å²) in [6.07, 6.45) is 0.269. The van der Waals surface area contributed by atoms with E-state index in [1.165, 1.54) is 17.1 Å². The molecule has 16 heavy (non-hydrogen) atoms. The Kier molecular flexibility index (Phi) is 3.20. The predicted octanol–water partition coefficient (Wildman–Crippen LogP) is 3.62. The molecule has 0 aliphatic carbocycles. The summed E-state index contributed by atoms with van der Waals surface area (Å²) < 4.78 is 27.3. The average molecular weight is 264 g/mol. The smallest absolute Gasteiger partial charge is 0.267 e. The van der Waals surface area contributed by atoms with E-state index < -0.39 is 6.43 Å². The molecular weight excluding hydrogens is 256 g/mol. The summed E-state index contributed by atoms with van der Waals surface area (Å²) in [7, 11) is 0. The third kappa shape index (κ3) is 2.08. The zero-order valence-electron chi connectivity index (χ0n) is 8.32. The molecule has 0 saturated carbocycles. The van der Waals surface area contributed by atoms with Gasteiger partial charge in [0, 0.05) is 18.9 Å². The van der Waals surface area contributed by atoms with Crippen LogP contribution in [0.5, 0.6) is 0 Å². The van der Waals surface area contributed by atoms with Crippen molar-refractivity contribution in [3.8, 4) is 10.6 Å². The lowest BCUT2D eigenvalue weighted by molar-refractivity contribution is 0.152. The number of alkyl halides is 2. The summed E-state index contributed by atoms with van der Waals surface area (Å²) in [5.74, 6) is 0. The first-order valence-corrected chi connectivity index (χ1v) is 5.78. The van der Waals surface area contributed by atoms with Gasteiger partial charge in [0.05, 0.1) is 10.4 Å². The molecule has 0 aliphatic rings. The standard InChI is InChI=1S/C9H8ClF2N3S/c1-2-15-4-5(8(11)12)7(14-15)6-3-13-9(10)16-6/h3-4,8H,2H2,1H3. The van der Waals surface area contributed by atoms with Gasteiger partial charge in [-0.25, -0.2) is 13.8 Å². The van der Waals surface area contributed by atoms with Crippen molar-refractivity contribution in [2.24, 2.45) is 0 Å². The predicted molar refractivity (Wildman–Crippen MR) is 59.0 cm³/mol. The molecule has 0 saturated heterocycles. The first kappa shape index (κ1) is 11.5. The Labute approximate surface area is 99.7 Å². The van der Waals surface area contributed by atoms with Gasteiger partial charge in [-0.15, -0.1) is 11.3 Å². The number of hydrogen-bond acceptors (Lipinski definition) is 3. The third-order valence-electron chi connectivity index (χ3n) is 2.06. The van der Waals surface area contributed by atoms with Gasteiger partial charge in [0.2, 0.25) is 0 Å². The zero-order valence-corrected chi connectivity index (χ0v) is 9.90. The molecule has 0 atom stereocenters. The number of hydrogen-bond donors (Lipinski definition) is 0. The molecule has 0 fully saturated rings. The first-order chi connectivity index (χ1) is 7.61. The highest BCUT2D eigenvalue weighted by atomic mass is 35.5. The maximum atomic E-state index is 12.8. The Morgan fingerprint density at radius 2 is 2.31 bits per heavy atom. The van der Waals surface area contributed by atoms with Crippen molar-refractivity contribution in [3.05, 3.63) is 22.4 Å². The molecule has 3 nitrogen and oxygen atoms in total. The van der Waals surface area contributed by atoms with Gasteiger partial charge in [-0.3, -0.25) is 4.68 Å². The van der Waals surface area contributed by atoms with Crippen molar-refractivity contribution in [1.29, 1.82) is 0 Å². The van der Waals surface area contributed by atoms with Crippen molar-refractivity contribution >= 4 is 22.9 Å². The molecule has 2 heterocycles. The van der Waals surface area contributed by atoms with Gasteiger partial charge in [-0.2, -0.15) is 5.10 Å². The van der Waals surface area contributed by atoms with Crippen LogP contribution < -0.4 is 0 Å². The van der Waals surface area contributed by atoms with Gasteiger partial charge in [0.1, 0.15) is 5.69 Å². The van der Waals surface area contributed by atoms with E-state index in [0.717, 1.165) is 11.3 Å². The van der Waals surface area contributed by atoms with Crippen LogP contribution in [-0.4, -0.2) is 14.8 Å². The normalized spacial score (nSPS) is 11.3. The van der Waals surface area contributed by atoms with Gasteiger partial charge in [0.25, 0.3) is 6.43 Å². The largest absolute Gasteiger partial charge is 0.272 e. The summed E-state index contributed by atoms with van der Waals surface area (Å²) >= 11 is 6.81.